The van der Waals surface area contributed by atoms with E-state index in [9.17, 15) is 4.79 Å². The van der Waals surface area contributed by atoms with Crippen molar-refractivity contribution < 1.29 is 14.3 Å². The topological polar surface area (TPSA) is 59.6 Å². The molecule has 0 aromatic heterocycles. The van der Waals surface area contributed by atoms with Crippen LogP contribution in [0.25, 0.3) is 6.08 Å². The van der Waals surface area contributed by atoms with Crippen LogP contribution < -0.4 is 20.1 Å². The van der Waals surface area contributed by atoms with Crippen LogP contribution in [-0.4, -0.2) is 18.5 Å². The van der Waals surface area contributed by atoms with Gasteiger partial charge in [-0.15, -0.1) is 0 Å². The normalized spacial score (nSPS) is 16.6. The van der Waals surface area contributed by atoms with E-state index in [0.717, 1.165) is 23.2 Å². The molecule has 2 N–H and O–H groups in total. The molecule has 3 aromatic rings. The zero-order valence-corrected chi connectivity index (χ0v) is 18.9. The van der Waals surface area contributed by atoms with Gasteiger partial charge in [0.05, 0.1) is 12.0 Å². The number of hydrogen-bond donors (Lipinski definition) is 2. The summed E-state index contributed by atoms with van der Waals surface area (Å²) in [6, 6.07) is 23.9. The first-order chi connectivity index (χ1) is 15.6. The van der Waals surface area contributed by atoms with Crippen molar-refractivity contribution in [2.24, 2.45) is 0 Å². The van der Waals surface area contributed by atoms with Gasteiger partial charge in [0.15, 0.2) is 17.0 Å². The largest absolute Gasteiger partial charge is 0.493 e. The number of anilines is 1. The van der Waals surface area contributed by atoms with Gasteiger partial charge in [0.1, 0.15) is 6.61 Å². The standard InChI is InChI=1S/C26H26N2O3S/c1-3-18-9-12-21(13-10-18)27-26-28-25(29)24(32-26)16-20-11-14-22(23(15-20)30-2)31-17-19-7-5-4-6-8-19/h4-16,26-27H,3,17H2,1-2H3,(H,28,29)/b24-16-/t26-/m0/s1. The van der Waals surface area contributed by atoms with Gasteiger partial charge in [0, 0.05) is 5.69 Å². The maximum Gasteiger partial charge on any atom is 0.260 e. The van der Waals surface area contributed by atoms with Crippen LogP contribution in [0.1, 0.15) is 23.6 Å². The molecule has 0 spiro atoms. The van der Waals surface area contributed by atoms with Crippen molar-refractivity contribution in [3.63, 3.8) is 0 Å². The highest BCUT2D eigenvalue weighted by Gasteiger charge is 2.27. The summed E-state index contributed by atoms with van der Waals surface area (Å²) in [6.45, 7) is 2.59. The van der Waals surface area contributed by atoms with Gasteiger partial charge >= 0.3 is 0 Å². The van der Waals surface area contributed by atoms with Crippen molar-refractivity contribution in [1.82, 2.24) is 5.32 Å². The Balaban J connectivity index is 1.42. The number of hydrogen-bond acceptors (Lipinski definition) is 5. The summed E-state index contributed by atoms with van der Waals surface area (Å²) in [5.74, 6) is 1.20. The van der Waals surface area contributed by atoms with Gasteiger partial charge < -0.3 is 20.1 Å². The van der Waals surface area contributed by atoms with Crippen LogP contribution in [0.15, 0.2) is 77.7 Å². The number of nitrogens with one attached hydrogen (secondary N) is 2. The number of thioether (sulfide) groups is 1. The van der Waals surface area contributed by atoms with Gasteiger partial charge in [0.2, 0.25) is 0 Å². The van der Waals surface area contributed by atoms with Gasteiger partial charge in [-0.1, -0.05) is 67.2 Å². The van der Waals surface area contributed by atoms with Crippen LogP contribution in [-0.2, 0) is 17.8 Å². The maximum absolute atomic E-state index is 12.5. The first-order valence-electron chi connectivity index (χ1n) is 10.5. The number of carbonyl (C=O) groups excluding carboxylic acids is 1. The zero-order chi connectivity index (χ0) is 22.3. The predicted molar refractivity (Wildman–Crippen MR) is 131 cm³/mol. The minimum Gasteiger partial charge on any atom is -0.493 e. The molecule has 3 aromatic carbocycles. The molecule has 0 bridgehead atoms. The molecule has 6 heteroatoms. The molecule has 0 radical (unpaired) electrons. The van der Waals surface area contributed by atoms with Crippen LogP contribution in [0.4, 0.5) is 5.69 Å². The van der Waals surface area contributed by atoms with E-state index in [4.69, 9.17) is 9.47 Å². The lowest BCUT2D eigenvalue weighted by atomic mass is 10.1. The van der Waals surface area contributed by atoms with Crippen molar-refractivity contribution >= 4 is 29.4 Å². The Labute approximate surface area is 192 Å². The molecule has 1 fully saturated rings. The number of aryl methyl sites for hydroxylation is 1. The highest BCUT2D eigenvalue weighted by molar-refractivity contribution is 8.05. The second-order valence-corrected chi connectivity index (χ2v) is 8.51. The monoisotopic (exact) mass is 446 g/mol. The highest BCUT2D eigenvalue weighted by atomic mass is 32.2. The number of rotatable bonds is 8. The first kappa shape index (κ1) is 21.8. The average Bonchev–Trinajstić information content (AvgIpc) is 3.17. The van der Waals surface area contributed by atoms with Gasteiger partial charge in [0.25, 0.3) is 5.91 Å². The molecule has 1 amide bonds. The number of amides is 1. The van der Waals surface area contributed by atoms with E-state index in [1.54, 1.807) is 7.11 Å². The summed E-state index contributed by atoms with van der Waals surface area (Å²) in [5.41, 5.74) is 4.01. The summed E-state index contributed by atoms with van der Waals surface area (Å²) < 4.78 is 11.4. The second kappa shape index (κ2) is 10.3. The Bertz CT molecular complexity index is 1100. The third kappa shape index (κ3) is 5.45. The lowest BCUT2D eigenvalue weighted by molar-refractivity contribution is -0.116. The van der Waals surface area contributed by atoms with Gasteiger partial charge in [-0.05, 0) is 53.5 Å². The molecule has 0 unspecified atom stereocenters. The van der Waals surface area contributed by atoms with Crippen LogP contribution in [0.3, 0.4) is 0 Å². The lowest BCUT2D eigenvalue weighted by Gasteiger charge is -2.13. The number of carbonyl (C=O) groups is 1. The predicted octanol–water partition coefficient (Wildman–Crippen LogP) is 5.44. The van der Waals surface area contributed by atoms with E-state index >= 15 is 0 Å². The molecule has 1 aliphatic heterocycles. The van der Waals surface area contributed by atoms with E-state index in [2.05, 4.69) is 29.7 Å². The van der Waals surface area contributed by atoms with E-state index in [0.29, 0.717) is 23.0 Å². The van der Waals surface area contributed by atoms with Crippen LogP contribution in [0.5, 0.6) is 11.5 Å². The lowest BCUT2D eigenvalue weighted by Crippen LogP contribution is -2.30. The Morgan fingerprint density at radius 2 is 1.78 bits per heavy atom. The fraction of sp³-hybridized carbons (Fsp3) is 0.192. The van der Waals surface area contributed by atoms with Crippen LogP contribution in [0.2, 0.25) is 0 Å². The molecule has 4 rings (SSSR count). The Hall–Kier alpha value is -3.38. The van der Waals surface area contributed by atoms with E-state index in [1.165, 1.54) is 17.3 Å². The molecule has 5 nitrogen and oxygen atoms in total. The summed E-state index contributed by atoms with van der Waals surface area (Å²) in [5, 5.41) is 6.32. The summed E-state index contributed by atoms with van der Waals surface area (Å²) >= 11 is 1.46. The number of benzene rings is 3. The first-order valence-corrected chi connectivity index (χ1v) is 11.4. The quantitative estimate of drug-likeness (QED) is 0.452. The Kier molecular flexibility index (Phi) is 7.02. The van der Waals surface area contributed by atoms with Crippen molar-refractivity contribution in [2.45, 2.75) is 25.4 Å². The van der Waals surface area contributed by atoms with Crippen molar-refractivity contribution in [1.29, 1.82) is 0 Å². The van der Waals surface area contributed by atoms with Crippen molar-refractivity contribution in [3.05, 3.63) is 94.4 Å². The van der Waals surface area contributed by atoms with Crippen LogP contribution in [0, 0.1) is 0 Å². The Morgan fingerprint density at radius 1 is 1.00 bits per heavy atom. The second-order valence-electron chi connectivity index (χ2n) is 7.36. The molecule has 0 saturated carbocycles. The molecule has 1 aliphatic rings. The smallest absolute Gasteiger partial charge is 0.260 e. The van der Waals surface area contributed by atoms with Gasteiger partial charge in [-0.2, -0.15) is 0 Å². The Morgan fingerprint density at radius 3 is 2.50 bits per heavy atom. The van der Waals surface area contributed by atoms with E-state index in [1.807, 2.05) is 66.7 Å². The summed E-state index contributed by atoms with van der Waals surface area (Å²) in [4.78, 5) is 13.1. The van der Waals surface area contributed by atoms with Crippen molar-refractivity contribution in [2.75, 3.05) is 12.4 Å². The van der Waals surface area contributed by atoms with Crippen molar-refractivity contribution in [3.8, 4) is 11.5 Å². The van der Waals surface area contributed by atoms with Gasteiger partial charge in [-0.25, -0.2) is 0 Å². The maximum atomic E-state index is 12.5. The summed E-state index contributed by atoms with van der Waals surface area (Å²) in [7, 11) is 1.61. The molecular weight excluding hydrogens is 420 g/mol. The minimum absolute atomic E-state index is 0.0963. The number of methoxy groups -OCH3 is 1. The zero-order valence-electron chi connectivity index (χ0n) is 18.1. The third-order valence-electron chi connectivity index (χ3n) is 5.11. The fourth-order valence-corrected chi connectivity index (χ4v) is 4.32. The molecule has 1 atom stereocenters. The summed E-state index contributed by atoms with van der Waals surface area (Å²) in [6.07, 6.45) is 2.87. The molecule has 0 aliphatic carbocycles. The van der Waals surface area contributed by atoms with E-state index in [-0.39, 0.29) is 11.4 Å². The average molecular weight is 447 g/mol. The molecule has 164 valence electrons. The van der Waals surface area contributed by atoms with Gasteiger partial charge in [-0.3, -0.25) is 4.79 Å². The SMILES string of the molecule is CCc1ccc(N[C@H]2NC(=O)/C(=C/c3ccc(OCc4ccccc4)c(OC)c3)S2)cc1. The van der Waals surface area contributed by atoms with E-state index < -0.39 is 0 Å². The third-order valence-corrected chi connectivity index (χ3v) is 6.14. The fourth-order valence-electron chi connectivity index (χ4n) is 3.33. The number of ether oxygens (including phenoxy) is 2. The molecule has 1 heterocycles. The van der Waals surface area contributed by atoms with Crippen LogP contribution >= 0.6 is 11.8 Å². The minimum atomic E-state index is -0.211. The highest BCUT2D eigenvalue weighted by Crippen LogP contribution is 2.33. The molecule has 32 heavy (non-hydrogen) atoms. The molecule has 1 saturated heterocycles. The molecular formula is C26H26N2O3S.